The number of benzene rings is 3. The van der Waals surface area contributed by atoms with Gasteiger partial charge in [-0.1, -0.05) is 48.0 Å². The Morgan fingerprint density at radius 3 is 2.27 bits per heavy atom. The smallest absolute Gasteiger partial charge is 0.345 e. The largest absolute Gasteiger partial charge is 0.744 e. The van der Waals surface area contributed by atoms with E-state index in [0.29, 0.717) is 0 Å². The van der Waals surface area contributed by atoms with Crippen LogP contribution in [0.4, 0.5) is 0 Å². The van der Waals surface area contributed by atoms with Gasteiger partial charge in [-0.2, -0.15) is 4.57 Å². The van der Waals surface area contributed by atoms with Crippen molar-refractivity contribution in [3.63, 3.8) is 0 Å². The molecule has 0 amide bonds. The van der Waals surface area contributed by atoms with E-state index in [2.05, 4.69) is 16.7 Å². The molecule has 2 heterocycles. The fourth-order valence-electron chi connectivity index (χ4n) is 3.70. The molecule has 0 fully saturated rings. The summed E-state index contributed by atoms with van der Waals surface area (Å²) >= 11 is 0. The molecule has 0 radical (unpaired) electrons. The molecule has 0 bridgehead atoms. The lowest BCUT2D eigenvalue weighted by Crippen LogP contribution is -2.40. The number of aryl methyl sites for hydroxylation is 1. The number of para-hydroxylation sites is 1. The molecular formula is C23H20N2O4S. The Morgan fingerprint density at radius 2 is 1.57 bits per heavy atom. The second-order valence-electron chi connectivity index (χ2n) is 7.22. The van der Waals surface area contributed by atoms with Crippen molar-refractivity contribution in [3.8, 4) is 11.4 Å². The Labute approximate surface area is 174 Å². The molecule has 0 aliphatic carbocycles. The molecule has 0 atom stereocenters. The van der Waals surface area contributed by atoms with Gasteiger partial charge >= 0.3 is 5.56 Å². The van der Waals surface area contributed by atoms with Crippen LogP contribution in [0.15, 0.2) is 82.5 Å². The summed E-state index contributed by atoms with van der Waals surface area (Å²) in [6.45, 7) is 2.65. The Morgan fingerprint density at radius 1 is 0.933 bits per heavy atom. The van der Waals surface area contributed by atoms with E-state index in [4.69, 9.17) is 0 Å². The summed E-state index contributed by atoms with van der Waals surface area (Å²) in [6.07, 6.45) is 0. The molecule has 3 aromatic carbocycles. The van der Waals surface area contributed by atoms with E-state index in [0.717, 1.165) is 34.4 Å². The third-order valence-electron chi connectivity index (χ3n) is 5.20. The lowest BCUT2D eigenvalue weighted by atomic mass is 10.1. The summed E-state index contributed by atoms with van der Waals surface area (Å²) < 4.78 is 35.1. The van der Waals surface area contributed by atoms with Gasteiger partial charge in [-0.3, -0.25) is 0 Å². The van der Waals surface area contributed by atoms with Crippen LogP contribution in [0.3, 0.4) is 0 Å². The van der Waals surface area contributed by atoms with Crippen LogP contribution in [0.1, 0.15) is 11.1 Å². The minimum atomic E-state index is -4.27. The molecule has 1 aromatic heterocycles. The number of hydrogen-bond donors (Lipinski definition) is 0. The molecule has 5 rings (SSSR count). The highest BCUT2D eigenvalue weighted by Crippen LogP contribution is 2.26. The van der Waals surface area contributed by atoms with E-state index in [9.17, 15) is 17.8 Å². The van der Waals surface area contributed by atoms with Crippen molar-refractivity contribution in [1.82, 2.24) is 4.57 Å². The first-order valence-corrected chi connectivity index (χ1v) is 10.8. The molecule has 1 aliphatic heterocycles. The lowest BCUT2D eigenvalue weighted by Gasteiger charge is -2.05. The minimum absolute atomic E-state index is 0.0681. The number of rotatable bonds is 1. The van der Waals surface area contributed by atoms with Crippen LogP contribution >= 0.6 is 0 Å². The van der Waals surface area contributed by atoms with Crippen LogP contribution in [0.25, 0.3) is 22.3 Å². The first-order chi connectivity index (χ1) is 14.3. The SMILES string of the molecule is Cc1ccc(S(=O)(=O)[O-])cc1.Cn1c2[n+](c3ccccc3c1=O)Cc1ccccc1-2. The predicted molar refractivity (Wildman–Crippen MR) is 113 cm³/mol. The molecule has 0 saturated heterocycles. The summed E-state index contributed by atoms with van der Waals surface area (Å²) in [6, 6.07) is 21.9. The van der Waals surface area contributed by atoms with Gasteiger partial charge in [-0.05, 0) is 37.3 Å². The van der Waals surface area contributed by atoms with E-state index < -0.39 is 10.1 Å². The highest BCUT2D eigenvalue weighted by atomic mass is 32.2. The van der Waals surface area contributed by atoms with Gasteiger partial charge in [0.05, 0.1) is 17.5 Å². The number of nitrogens with zero attached hydrogens (tertiary/aromatic N) is 2. The van der Waals surface area contributed by atoms with Gasteiger partial charge in [0.15, 0.2) is 0 Å². The van der Waals surface area contributed by atoms with Crippen LogP contribution in [0.2, 0.25) is 0 Å². The number of hydrogen-bond acceptors (Lipinski definition) is 4. The van der Waals surface area contributed by atoms with Crippen molar-refractivity contribution in [2.75, 3.05) is 0 Å². The Balaban J connectivity index is 0.000000170. The highest BCUT2D eigenvalue weighted by Gasteiger charge is 2.30. The third kappa shape index (κ3) is 3.53. The summed E-state index contributed by atoms with van der Waals surface area (Å²) in [5.74, 6) is 0.999. The minimum Gasteiger partial charge on any atom is -0.744 e. The fourth-order valence-corrected chi connectivity index (χ4v) is 4.17. The molecule has 1 aliphatic rings. The average Bonchev–Trinajstić information content (AvgIpc) is 3.12. The zero-order valence-electron chi connectivity index (χ0n) is 16.6. The Kier molecular flexibility index (Phi) is 5.01. The molecule has 7 heteroatoms. The maximum absolute atomic E-state index is 12.4. The number of aromatic nitrogens is 2. The van der Waals surface area contributed by atoms with Crippen molar-refractivity contribution in [2.45, 2.75) is 18.4 Å². The molecular weight excluding hydrogens is 400 g/mol. The molecule has 4 aromatic rings. The second-order valence-corrected chi connectivity index (χ2v) is 8.60. The van der Waals surface area contributed by atoms with Crippen LogP contribution < -0.4 is 10.1 Å². The van der Waals surface area contributed by atoms with Gasteiger partial charge in [-0.15, -0.1) is 0 Å². The van der Waals surface area contributed by atoms with Crippen molar-refractivity contribution in [2.24, 2.45) is 7.05 Å². The molecule has 0 unspecified atom stereocenters. The first-order valence-electron chi connectivity index (χ1n) is 9.40. The van der Waals surface area contributed by atoms with Crippen molar-refractivity contribution >= 4 is 21.0 Å². The van der Waals surface area contributed by atoms with E-state index >= 15 is 0 Å². The maximum atomic E-state index is 12.4. The van der Waals surface area contributed by atoms with Crippen molar-refractivity contribution in [1.29, 1.82) is 0 Å². The van der Waals surface area contributed by atoms with Gasteiger partial charge in [0, 0.05) is 5.56 Å². The maximum Gasteiger partial charge on any atom is 0.345 e. The topological polar surface area (TPSA) is 83.1 Å². The molecule has 0 saturated carbocycles. The monoisotopic (exact) mass is 420 g/mol. The summed E-state index contributed by atoms with van der Waals surface area (Å²) in [5.41, 5.74) is 4.44. The highest BCUT2D eigenvalue weighted by molar-refractivity contribution is 7.85. The molecule has 0 spiro atoms. The predicted octanol–water partition coefficient (Wildman–Crippen LogP) is 2.75. The first kappa shape index (κ1) is 20.0. The summed E-state index contributed by atoms with van der Waals surface area (Å²) in [5, 5.41) is 0.779. The van der Waals surface area contributed by atoms with Gasteiger partial charge in [0.1, 0.15) is 27.6 Å². The Bertz CT molecular complexity index is 1420. The van der Waals surface area contributed by atoms with E-state index in [1.54, 1.807) is 16.7 Å². The fraction of sp³-hybridized carbons (Fsp3) is 0.130. The second kappa shape index (κ2) is 7.51. The van der Waals surface area contributed by atoms with Gasteiger partial charge in [-0.25, -0.2) is 17.8 Å². The van der Waals surface area contributed by atoms with Crippen molar-refractivity contribution in [3.05, 3.63) is 94.3 Å². The van der Waals surface area contributed by atoms with Crippen LogP contribution in [0, 0.1) is 6.92 Å². The molecule has 0 N–H and O–H groups in total. The van der Waals surface area contributed by atoms with Gasteiger partial charge in [0.2, 0.25) is 0 Å². The Hall–Kier alpha value is -3.29. The van der Waals surface area contributed by atoms with Crippen molar-refractivity contribution < 1.29 is 17.5 Å². The quantitative estimate of drug-likeness (QED) is 0.308. The van der Waals surface area contributed by atoms with Crippen LogP contribution in [-0.2, 0) is 23.7 Å². The molecule has 152 valence electrons. The van der Waals surface area contributed by atoms with Gasteiger partial charge < -0.3 is 4.55 Å². The number of fused-ring (bicyclic) bond motifs is 5. The van der Waals surface area contributed by atoms with E-state index in [1.807, 2.05) is 50.4 Å². The van der Waals surface area contributed by atoms with Crippen LogP contribution in [-0.4, -0.2) is 17.5 Å². The van der Waals surface area contributed by atoms with E-state index in [1.165, 1.54) is 17.7 Å². The zero-order chi connectivity index (χ0) is 21.5. The summed E-state index contributed by atoms with van der Waals surface area (Å²) in [4.78, 5) is 12.3. The van der Waals surface area contributed by atoms with E-state index in [-0.39, 0.29) is 10.5 Å². The zero-order valence-corrected chi connectivity index (χ0v) is 17.4. The normalized spacial score (nSPS) is 12.1. The molecule has 6 nitrogen and oxygen atoms in total. The molecule has 30 heavy (non-hydrogen) atoms. The lowest BCUT2D eigenvalue weighted by molar-refractivity contribution is -0.649. The average molecular weight is 420 g/mol. The standard InChI is InChI=1S/C16H13N2O.C7H8O3S/c1-17-15-12-7-3-2-6-11(12)10-18(15)14-9-5-4-8-13(14)16(17)19;1-6-2-4-7(5-3-6)11(8,9)10/h2-9H,10H2,1H3;2-5H,1H3,(H,8,9,10)/q+1;/p-1. The third-order valence-corrected chi connectivity index (χ3v) is 6.05. The van der Waals surface area contributed by atoms with Crippen LogP contribution in [0.5, 0.6) is 0 Å². The summed E-state index contributed by atoms with van der Waals surface area (Å²) in [7, 11) is -2.42. The van der Waals surface area contributed by atoms with Gasteiger partial charge in [0.25, 0.3) is 5.82 Å².